The van der Waals surface area contributed by atoms with Crippen LogP contribution in [0, 0.1) is 13.8 Å². The molecule has 1 aromatic carbocycles. The number of rotatable bonds is 5. The van der Waals surface area contributed by atoms with Gasteiger partial charge in [0, 0.05) is 0 Å². The molecule has 0 radical (unpaired) electrons. The van der Waals surface area contributed by atoms with Crippen LogP contribution in [0.4, 0.5) is 0 Å². The second kappa shape index (κ2) is 6.37. The Bertz CT molecular complexity index is 608. The number of benzene rings is 1. The molecular formula is C14H21NO4S. The van der Waals surface area contributed by atoms with Crippen molar-refractivity contribution in [3.8, 4) is 0 Å². The lowest BCUT2D eigenvalue weighted by molar-refractivity contribution is 0.0323. The Hall–Kier alpha value is -1.40. The zero-order valence-corrected chi connectivity index (χ0v) is 13.1. The lowest BCUT2D eigenvalue weighted by Gasteiger charge is -2.14. The van der Waals surface area contributed by atoms with E-state index in [0.717, 1.165) is 12.8 Å². The predicted octanol–water partition coefficient (Wildman–Crippen LogP) is 2.30. The van der Waals surface area contributed by atoms with Gasteiger partial charge < -0.3 is 4.74 Å². The van der Waals surface area contributed by atoms with Gasteiger partial charge in [-0.15, -0.1) is 0 Å². The van der Waals surface area contributed by atoms with Gasteiger partial charge in [-0.1, -0.05) is 13.3 Å². The molecule has 1 atom stereocenters. The zero-order valence-electron chi connectivity index (χ0n) is 12.3. The van der Waals surface area contributed by atoms with Gasteiger partial charge in [0.1, 0.15) is 0 Å². The van der Waals surface area contributed by atoms with Gasteiger partial charge in [-0.2, -0.15) is 0 Å². The van der Waals surface area contributed by atoms with E-state index in [0.29, 0.717) is 11.1 Å². The van der Waals surface area contributed by atoms with Crippen LogP contribution in [0.15, 0.2) is 17.0 Å². The first-order chi connectivity index (χ1) is 9.16. The largest absolute Gasteiger partial charge is 0.459 e. The molecule has 0 saturated carbocycles. The van der Waals surface area contributed by atoms with Crippen molar-refractivity contribution in [2.75, 3.05) is 0 Å². The van der Waals surface area contributed by atoms with Crippen LogP contribution in [0.1, 0.15) is 48.2 Å². The summed E-state index contributed by atoms with van der Waals surface area (Å²) in [7, 11) is -3.86. The lowest BCUT2D eigenvalue weighted by Crippen LogP contribution is -2.18. The number of aryl methyl sites for hydroxylation is 1. The SMILES string of the molecule is CCCC(C)OC(=O)c1cc(C)c(C)c(S(N)(=O)=O)c1. The number of hydrogen-bond donors (Lipinski definition) is 1. The molecule has 0 aliphatic carbocycles. The predicted molar refractivity (Wildman–Crippen MR) is 77.1 cm³/mol. The summed E-state index contributed by atoms with van der Waals surface area (Å²) in [5.41, 5.74) is 1.44. The van der Waals surface area contributed by atoms with Crippen LogP contribution in [-0.4, -0.2) is 20.5 Å². The van der Waals surface area contributed by atoms with Gasteiger partial charge >= 0.3 is 5.97 Å². The number of carbonyl (C=O) groups excluding carboxylic acids is 1. The fraction of sp³-hybridized carbons (Fsp3) is 0.500. The minimum Gasteiger partial charge on any atom is -0.459 e. The molecule has 0 aliphatic rings. The number of esters is 1. The summed E-state index contributed by atoms with van der Waals surface area (Å²) in [6.07, 6.45) is 1.47. The van der Waals surface area contributed by atoms with E-state index >= 15 is 0 Å². The molecule has 0 amide bonds. The van der Waals surface area contributed by atoms with Crippen LogP contribution in [-0.2, 0) is 14.8 Å². The zero-order chi connectivity index (χ0) is 15.5. The second-order valence-corrected chi connectivity index (χ2v) is 6.50. The third kappa shape index (κ3) is 4.05. The minimum absolute atomic E-state index is 0.0346. The highest BCUT2D eigenvalue weighted by Gasteiger charge is 2.19. The molecule has 20 heavy (non-hydrogen) atoms. The average Bonchev–Trinajstić information content (AvgIpc) is 2.30. The van der Waals surface area contributed by atoms with Crippen molar-refractivity contribution in [1.82, 2.24) is 0 Å². The normalized spacial score (nSPS) is 13.1. The van der Waals surface area contributed by atoms with E-state index in [4.69, 9.17) is 9.88 Å². The third-order valence-electron chi connectivity index (χ3n) is 3.17. The summed E-state index contributed by atoms with van der Waals surface area (Å²) in [5, 5.41) is 5.16. The van der Waals surface area contributed by atoms with Gasteiger partial charge in [-0.05, 0) is 50.5 Å². The Morgan fingerprint density at radius 2 is 1.95 bits per heavy atom. The van der Waals surface area contributed by atoms with Crippen molar-refractivity contribution in [3.05, 3.63) is 28.8 Å². The van der Waals surface area contributed by atoms with E-state index < -0.39 is 16.0 Å². The summed E-state index contributed by atoms with van der Waals surface area (Å²) >= 11 is 0. The Kier molecular flexibility index (Phi) is 5.30. The Labute approximate surface area is 120 Å². The van der Waals surface area contributed by atoms with Crippen molar-refractivity contribution < 1.29 is 17.9 Å². The maximum atomic E-state index is 12.0. The first kappa shape index (κ1) is 16.7. The molecule has 112 valence electrons. The van der Waals surface area contributed by atoms with Gasteiger partial charge in [0.25, 0.3) is 0 Å². The Balaban J connectivity index is 3.15. The van der Waals surface area contributed by atoms with Crippen LogP contribution in [0.2, 0.25) is 0 Å². The van der Waals surface area contributed by atoms with Crippen LogP contribution in [0.5, 0.6) is 0 Å². The standard InChI is InChI=1S/C14H21NO4S/c1-5-6-10(3)19-14(16)12-7-9(2)11(4)13(8-12)20(15,17)18/h7-8,10H,5-6H2,1-4H3,(H2,15,17,18). The molecule has 1 aromatic rings. The minimum atomic E-state index is -3.86. The van der Waals surface area contributed by atoms with Gasteiger partial charge in [0.2, 0.25) is 10.0 Å². The highest BCUT2D eigenvalue weighted by atomic mass is 32.2. The molecule has 0 heterocycles. The van der Waals surface area contributed by atoms with Gasteiger partial charge in [0.15, 0.2) is 0 Å². The van der Waals surface area contributed by atoms with E-state index in [1.54, 1.807) is 19.9 Å². The van der Waals surface area contributed by atoms with Crippen molar-refractivity contribution in [2.45, 2.75) is 51.5 Å². The molecule has 0 aromatic heterocycles. The topological polar surface area (TPSA) is 86.5 Å². The maximum absolute atomic E-state index is 12.0. The third-order valence-corrected chi connectivity index (χ3v) is 4.20. The van der Waals surface area contributed by atoms with Crippen LogP contribution < -0.4 is 5.14 Å². The molecule has 5 nitrogen and oxygen atoms in total. The summed E-state index contributed by atoms with van der Waals surface area (Å²) in [6, 6.07) is 2.89. The molecule has 0 fully saturated rings. The first-order valence-corrected chi connectivity index (χ1v) is 8.06. The van der Waals surface area contributed by atoms with E-state index in [1.165, 1.54) is 6.07 Å². The molecule has 0 bridgehead atoms. The molecule has 1 unspecified atom stereocenters. The number of hydrogen-bond acceptors (Lipinski definition) is 4. The molecule has 1 rings (SSSR count). The summed E-state index contributed by atoms with van der Waals surface area (Å²) in [5.74, 6) is -0.529. The smallest absolute Gasteiger partial charge is 0.338 e. The fourth-order valence-electron chi connectivity index (χ4n) is 1.96. The van der Waals surface area contributed by atoms with Crippen molar-refractivity contribution in [1.29, 1.82) is 0 Å². The fourth-order valence-corrected chi connectivity index (χ4v) is 2.84. The van der Waals surface area contributed by atoms with Crippen molar-refractivity contribution >= 4 is 16.0 Å². The monoisotopic (exact) mass is 299 g/mol. The van der Waals surface area contributed by atoms with E-state index in [9.17, 15) is 13.2 Å². The van der Waals surface area contributed by atoms with Crippen LogP contribution in [0.25, 0.3) is 0 Å². The van der Waals surface area contributed by atoms with E-state index in [1.807, 2.05) is 13.8 Å². The van der Waals surface area contributed by atoms with Crippen molar-refractivity contribution in [2.24, 2.45) is 5.14 Å². The highest BCUT2D eigenvalue weighted by molar-refractivity contribution is 7.89. The molecule has 0 saturated heterocycles. The number of nitrogens with two attached hydrogens (primary N) is 1. The quantitative estimate of drug-likeness (QED) is 0.845. The Morgan fingerprint density at radius 1 is 1.35 bits per heavy atom. The molecular weight excluding hydrogens is 278 g/mol. The average molecular weight is 299 g/mol. The molecule has 6 heteroatoms. The summed E-state index contributed by atoms with van der Waals surface area (Å²) < 4.78 is 28.3. The van der Waals surface area contributed by atoms with E-state index in [2.05, 4.69) is 0 Å². The van der Waals surface area contributed by atoms with Crippen molar-refractivity contribution in [3.63, 3.8) is 0 Å². The Morgan fingerprint density at radius 3 is 2.45 bits per heavy atom. The summed E-state index contributed by atoms with van der Waals surface area (Å²) in [4.78, 5) is 12.0. The van der Waals surface area contributed by atoms with E-state index in [-0.39, 0.29) is 16.6 Å². The molecule has 0 spiro atoms. The van der Waals surface area contributed by atoms with Crippen LogP contribution in [0.3, 0.4) is 0 Å². The molecule has 2 N–H and O–H groups in total. The first-order valence-electron chi connectivity index (χ1n) is 6.51. The van der Waals surface area contributed by atoms with Crippen LogP contribution >= 0.6 is 0 Å². The maximum Gasteiger partial charge on any atom is 0.338 e. The number of primary sulfonamides is 1. The van der Waals surface area contributed by atoms with Gasteiger partial charge in [-0.3, -0.25) is 0 Å². The molecule has 0 aliphatic heterocycles. The van der Waals surface area contributed by atoms with Gasteiger partial charge in [-0.25, -0.2) is 18.4 Å². The van der Waals surface area contributed by atoms with Gasteiger partial charge in [0.05, 0.1) is 16.6 Å². The lowest BCUT2D eigenvalue weighted by atomic mass is 10.1. The second-order valence-electron chi connectivity index (χ2n) is 4.97. The summed E-state index contributed by atoms with van der Waals surface area (Å²) in [6.45, 7) is 7.20. The number of carbonyl (C=O) groups is 1. The highest BCUT2D eigenvalue weighted by Crippen LogP contribution is 2.21. The number of ether oxygens (including phenoxy) is 1. The number of sulfonamides is 1.